The van der Waals surface area contributed by atoms with Crippen molar-refractivity contribution in [2.45, 2.75) is 19.3 Å². The van der Waals surface area contributed by atoms with Crippen LogP contribution in [0.3, 0.4) is 0 Å². The number of halogens is 1. The molecular formula is C8H10ClN3O. The van der Waals surface area contributed by atoms with Gasteiger partial charge in [0.1, 0.15) is 5.78 Å². The molecule has 1 aliphatic rings. The third-order valence-corrected chi connectivity index (χ3v) is 2.00. The Kier molecular flexibility index (Phi) is 2.83. The molecule has 1 heterocycles. The van der Waals surface area contributed by atoms with Crippen molar-refractivity contribution in [2.24, 2.45) is 0 Å². The van der Waals surface area contributed by atoms with Gasteiger partial charge in [-0.15, -0.1) is 12.4 Å². The Labute approximate surface area is 82.0 Å². The van der Waals surface area contributed by atoms with Gasteiger partial charge in [0.15, 0.2) is 0 Å². The highest BCUT2D eigenvalue weighted by Gasteiger charge is 2.16. The predicted molar refractivity (Wildman–Crippen MR) is 50.7 cm³/mol. The van der Waals surface area contributed by atoms with Crippen molar-refractivity contribution >= 4 is 24.1 Å². The highest BCUT2D eigenvalue weighted by atomic mass is 35.5. The van der Waals surface area contributed by atoms with E-state index >= 15 is 0 Å². The summed E-state index contributed by atoms with van der Waals surface area (Å²) in [5.41, 5.74) is 7.27. The molecule has 5 heteroatoms. The number of fused-ring (bicyclic) bond motifs is 1. The van der Waals surface area contributed by atoms with Crippen LogP contribution in [0.5, 0.6) is 0 Å². The summed E-state index contributed by atoms with van der Waals surface area (Å²) in [5.74, 6) is 0.555. The molecule has 0 unspecified atom stereocenters. The molecule has 2 rings (SSSR count). The minimum Gasteiger partial charge on any atom is -0.368 e. The largest absolute Gasteiger partial charge is 0.368 e. The third-order valence-electron chi connectivity index (χ3n) is 2.00. The van der Waals surface area contributed by atoms with E-state index in [-0.39, 0.29) is 18.2 Å². The van der Waals surface area contributed by atoms with Crippen LogP contribution in [0.4, 0.5) is 5.95 Å². The molecule has 2 N–H and O–H groups in total. The van der Waals surface area contributed by atoms with Crippen LogP contribution in [0, 0.1) is 0 Å². The van der Waals surface area contributed by atoms with Gasteiger partial charge in [0.05, 0.1) is 5.69 Å². The van der Waals surface area contributed by atoms with Crippen molar-refractivity contribution in [1.29, 1.82) is 0 Å². The number of hydrogen-bond acceptors (Lipinski definition) is 4. The van der Waals surface area contributed by atoms with E-state index in [1.54, 1.807) is 6.20 Å². The first-order valence-electron chi connectivity index (χ1n) is 3.87. The van der Waals surface area contributed by atoms with Crippen molar-refractivity contribution in [3.05, 3.63) is 17.5 Å². The second-order valence-corrected chi connectivity index (χ2v) is 2.92. The van der Waals surface area contributed by atoms with Gasteiger partial charge in [-0.25, -0.2) is 9.97 Å². The number of ketones is 1. The lowest BCUT2D eigenvalue weighted by atomic mass is 9.96. The lowest BCUT2D eigenvalue weighted by molar-refractivity contribution is -0.118. The zero-order valence-electron chi connectivity index (χ0n) is 6.99. The first kappa shape index (κ1) is 9.92. The highest BCUT2D eigenvalue weighted by molar-refractivity contribution is 5.85. The fourth-order valence-electron chi connectivity index (χ4n) is 1.38. The predicted octanol–water partition coefficient (Wildman–Crippen LogP) is 0.538. The number of Topliss-reactive ketones (excluding diaryl/α,β-unsaturated/α-hetero) is 1. The number of aryl methyl sites for hydroxylation is 1. The average molecular weight is 200 g/mol. The minimum atomic E-state index is 0. The maximum atomic E-state index is 11.0. The number of anilines is 1. The van der Waals surface area contributed by atoms with Gasteiger partial charge in [0.2, 0.25) is 5.95 Å². The van der Waals surface area contributed by atoms with Crippen LogP contribution in [0.1, 0.15) is 17.7 Å². The van der Waals surface area contributed by atoms with Crippen molar-refractivity contribution in [3.63, 3.8) is 0 Å². The molecule has 0 amide bonds. The van der Waals surface area contributed by atoms with E-state index in [0.717, 1.165) is 11.3 Å². The topological polar surface area (TPSA) is 68.9 Å². The maximum Gasteiger partial charge on any atom is 0.220 e. The van der Waals surface area contributed by atoms with Crippen LogP contribution in [0.25, 0.3) is 0 Å². The number of carbonyl (C=O) groups is 1. The summed E-state index contributed by atoms with van der Waals surface area (Å²) in [4.78, 5) is 18.9. The number of nitrogens with zero attached hydrogens (tertiary/aromatic N) is 2. The number of nitrogens with two attached hydrogens (primary N) is 1. The van der Waals surface area contributed by atoms with Crippen LogP contribution >= 0.6 is 12.4 Å². The van der Waals surface area contributed by atoms with Gasteiger partial charge in [-0.05, 0) is 12.0 Å². The van der Waals surface area contributed by atoms with Gasteiger partial charge in [-0.3, -0.25) is 4.79 Å². The minimum absolute atomic E-state index is 0. The summed E-state index contributed by atoms with van der Waals surface area (Å²) >= 11 is 0. The van der Waals surface area contributed by atoms with E-state index in [4.69, 9.17) is 5.73 Å². The summed E-state index contributed by atoms with van der Waals surface area (Å²) in [6.07, 6.45) is 3.41. The van der Waals surface area contributed by atoms with Gasteiger partial charge in [0.25, 0.3) is 0 Å². The van der Waals surface area contributed by atoms with Crippen LogP contribution in [0.2, 0.25) is 0 Å². The second kappa shape index (κ2) is 3.70. The molecule has 1 aromatic heterocycles. The van der Waals surface area contributed by atoms with Crippen LogP contribution < -0.4 is 5.73 Å². The van der Waals surface area contributed by atoms with E-state index in [0.29, 0.717) is 25.2 Å². The lowest BCUT2D eigenvalue weighted by Crippen LogP contribution is -2.16. The number of nitrogen functional groups attached to an aromatic ring is 1. The first-order chi connectivity index (χ1) is 5.75. The Morgan fingerprint density at radius 1 is 1.38 bits per heavy atom. The molecule has 13 heavy (non-hydrogen) atoms. The monoisotopic (exact) mass is 199 g/mol. The molecule has 70 valence electrons. The van der Waals surface area contributed by atoms with Crippen molar-refractivity contribution in [1.82, 2.24) is 9.97 Å². The normalized spacial score (nSPS) is 14.6. The molecule has 0 spiro atoms. The van der Waals surface area contributed by atoms with Crippen molar-refractivity contribution < 1.29 is 4.79 Å². The van der Waals surface area contributed by atoms with Gasteiger partial charge >= 0.3 is 0 Å². The fourth-order valence-corrected chi connectivity index (χ4v) is 1.38. The van der Waals surface area contributed by atoms with E-state index in [9.17, 15) is 4.79 Å². The van der Waals surface area contributed by atoms with Gasteiger partial charge in [-0.2, -0.15) is 0 Å². The summed E-state index contributed by atoms with van der Waals surface area (Å²) in [7, 11) is 0. The summed E-state index contributed by atoms with van der Waals surface area (Å²) in [6.45, 7) is 0. The molecule has 0 radical (unpaired) electrons. The second-order valence-electron chi connectivity index (χ2n) is 2.92. The molecular weight excluding hydrogens is 190 g/mol. The number of carbonyl (C=O) groups excluding carboxylic acids is 1. The number of hydrogen-bond donors (Lipinski definition) is 1. The molecule has 0 bridgehead atoms. The SMILES string of the molecule is Cl.Nc1ncc2c(n1)CCC(=O)C2. The van der Waals surface area contributed by atoms with E-state index in [1.165, 1.54) is 0 Å². The Balaban J connectivity index is 0.000000845. The van der Waals surface area contributed by atoms with Crippen LogP contribution in [0.15, 0.2) is 6.20 Å². The Morgan fingerprint density at radius 3 is 2.92 bits per heavy atom. The fraction of sp³-hybridized carbons (Fsp3) is 0.375. The number of aromatic nitrogens is 2. The molecule has 0 aliphatic heterocycles. The van der Waals surface area contributed by atoms with E-state index in [1.807, 2.05) is 0 Å². The van der Waals surface area contributed by atoms with Crippen LogP contribution in [-0.4, -0.2) is 15.8 Å². The summed E-state index contributed by atoms with van der Waals surface area (Å²) in [5, 5.41) is 0. The first-order valence-corrected chi connectivity index (χ1v) is 3.87. The third kappa shape index (κ3) is 1.95. The molecule has 0 fully saturated rings. The van der Waals surface area contributed by atoms with Crippen molar-refractivity contribution in [2.75, 3.05) is 5.73 Å². The van der Waals surface area contributed by atoms with E-state index in [2.05, 4.69) is 9.97 Å². The summed E-state index contributed by atoms with van der Waals surface area (Å²) in [6, 6.07) is 0. The molecule has 4 nitrogen and oxygen atoms in total. The smallest absolute Gasteiger partial charge is 0.220 e. The molecule has 0 aromatic carbocycles. The zero-order valence-corrected chi connectivity index (χ0v) is 7.80. The summed E-state index contributed by atoms with van der Waals surface area (Å²) < 4.78 is 0. The molecule has 1 aromatic rings. The highest BCUT2D eigenvalue weighted by Crippen LogP contribution is 2.16. The van der Waals surface area contributed by atoms with Crippen LogP contribution in [-0.2, 0) is 17.6 Å². The zero-order chi connectivity index (χ0) is 8.55. The quantitative estimate of drug-likeness (QED) is 0.662. The molecule has 0 saturated heterocycles. The molecule has 0 atom stereocenters. The standard InChI is InChI=1S/C8H9N3O.ClH/c9-8-10-4-5-3-6(12)1-2-7(5)11-8;/h4H,1-3H2,(H2,9,10,11);1H. The molecule has 0 saturated carbocycles. The van der Waals surface area contributed by atoms with E-state index < -0.39 is 0 Å². The molecule has 1 aliphatic carbocycles. The Morgan fingerprint density at radius 2 is 2.15 bits per heavy atom. The van der Waals surface area contributed by atoms with Gasteiger partial charge < -0.3 is 5.73 Å². The van der Waals surface area contributed by atoms with Crippen molar-refractivity contribution in [3.8, 4) is 0 Å². The van der Waals surface area contributed by atoms with Gasteiger partial charge in [0, 0.05) is 19.0 Å². The average Bonchev–Trinajstić information content (AvgIpc) is 2.05. The number of rotatable bonds is 0. The maximum absolute atomic E-state index is 11.0. The lowest BCUT2D eigenvalue weighted by Gasteiger charge is -2.12. The Bertz CT molecular complexity index is 340. The Hall–Kier alpha value is -1.16. The van der Waals surface area contributed by atoms with Gasteiger partial charge in [-0.1, -0.05) is 0 Å².